The van der Waals surface area contributed by atoms with E-state index in [2.05, 4.69) is 5.32 Å². The first kappa shape index (κ1) is 16.8. The van der Waals surface area contributed by atoms with Gasteiger partial charge in [0.15, 0.2) is 0 Å². The maximum atomic E-state index is 11.6. The number of hydrogen-bond acceptors (Lipinski definition) is 1. The van der Waals surface area contributed by atoms with Crippen LogP contribution in [-0.4, -0.2) is 13.1 Å². The minimum Gasteiger partial charge on any atom is -0.850 e. The molecule has 0 N–H and O–H groups in total. The summed E-state index contributed by atoms with van der Waals surface area (Å²) in [4.78, 5) is 0. The molecule has 0 fully saturated rings. The molecule has 0 aromatic heterocycles. The smallest absolute Gasteiger partial charge is 0.850 e. The zero-order valence-electron chi connectivity index (χ0n) is 9.40. The Morgan fingerprint density at radius 2 is 1.64 bits per heavy atom. The van der Waals surface area contributed by atoms with Crippen LogP contribution in [0.25, 0.3) is 5.32 Å². The average Bonchev–Trinajstić information content (AvgIpc) is 2.17. The van der Waals surface area contributed by atoms with Gasteiger partial charge < -0.3 is 10.4 Å². The molecule has 4 heteroatoms. The first-order valence-electron chi connectivity index (χ1n) is 4.05. The van der Waals surface area contributed by atoms with Gasteiger partial charge in [0.05, 0.1) is 0 Å². The van der Waals surface area contributed by atoms with Crippen molar-refractivity contribution < 1.29 is 42.8 Å². The third-order valence-corrected chi connectivity index (χ3v) is 1.97. The van der Waals surface area contributed by atoms with Crippen molar-refractivity contribution in [2.45, 2.75) is 19.1 Å². The molecule has 2 atom stereocenters. The summed E-state index contributed by atoms with van der Waals surface area (Å²) < 4.78 is 0. The third-order valence-electron chi connectivity index (χ3n) is 1.97. The fourth-order valence-electron chi connectivity index (χ4n) is 1.06. The Labute approximate surface area is 110 Å². The van der Waals surface area contributed by atoms with Crippen molar-refractivity contribution in [1.82, 2.24) is 0 Å². The normalized spacial score (nSPS) is 13.4. The molecule has 0 aliphatic carbocycles. The van der Waals surface area contributed by atoms with E-state index in [1.807, 2.05) is 37.3 Å². The van der Waals surface area contributed by atoms with Gasteiger partial charge in [-0.1, -0.05) is 42.8 Å². The van der Waals surface area contributed by atoms with Crippen molar-refractivity contribution in [3.8, 4) is 0 Å². The molecule has 2 nitrogen and oxygen atoms in total. The van der Waals surface area contributed by atoms with Crippen molar-refractivity contribution in [3.05, 3.63) is 41.2 Å². The fourth-order valence-corrected chi connectivity index (χ4v) is 1.06. The van der Waals surface area contributed by atoms with E-state index >= 15 is 0 Å². The first-order chi connectivity index (χ1) is 5.75. The first-order valence-corrected chi connectivity index (χ1v) is 4.05. The zero-order valence-corrected chi connectivity index (χ0v) is 9.40. The number of benzene rings is 1. The van der Waals surface area contributed by atoms with Gasteiger partial charge >= 0.3 is 37.7 Å². The van der Waals surface area contributed by atoms with Crippen LogP contribution >= 0.6 is 0 Å². The van der Waals surface area contributed by atoms with Gasteiger partial charge in [0.1, 0.15) is 0 Å². The summed E-state index contributed by atoms with van der Waals surface area (Å²) in [6.45, 7) is 1.84. The van der Waals surface area contributed by atoms with Gasteiger partial charge in [-0.3, -0.25) is 0 Å². The van der Waals surface area contributed by atoms with E-state index in [1.165, 1.54) is 0 Å². The van der Waals surface area contributed by atoms with Gasteiger partial charge in [-0.2, -0.15) is 7.05 Å². The Hall–Kier alpha value is 0.335. The summed E-state index contributed by atoms with van der Waals surface area (Å²) in [5, 5.41) is 15.5. The van der Waals surface area contributed by atoms with E-state index in [0.29, 0.717) is 0 Å². The summed E-state index contributed by atoms with van der Waals surface area (Å²) in [5.74, 6) is 0. The van der Waals surface area contributed by atoms with Crippen molar-refractivity contribution in [2.24, 2.45) is 0 Å². The molecule has 0 bridgehead atoms. The number of likely N-dealkylation sites (N-methyl/N-ethyl adjacent to an activating group) is 1. The van der Waals surface area contributed by atoms with Crippen LogP contribution in [0.2, 0.25) is 0 Å². The van der Waals surface area contributed by atoms with E-state index in [9.17, 15) is 5.11 Å². The predicted molar refractivity (Wildman–Crippen MR) is 47.9 cm³/mol. The van der Waals surface area contributed by atoms with Crippen LogP contribution in [0.4, 0.5) is 0 Å². The summed E-state index contributed by atoms with van der Waals surface area (Å²) in [6.07, 6.45) is -0.726. The maximum Gasteiger partial charge on any atom is 1.00 e. The second kappa shape index (κ2) is 8.63. The molecule has 1 rings (SSSR count). The van der Waals surface area contributed by atoms with Crippen LogP contribution < -0.4 is 42.8 Å². The van der Waals surface area contributed by atoms with Crippen LogP contribution in [0, 0.1) is 0 Å². The van der Waals surface area contributed by atoms with Gasteiger partial charge in [0.2, 0.25) is 0 Å². The maximum absolute atomic E-state index is 11.6. The minimum absolute atomic E-state index is 0. The molecule has 0 radical (unpaired) electrons. The second-order valence-corrected chi connectivity index (χ2v) is 2.83. The fraction of sp³-hybridized carbons (Fsp3) is 0.400. The van der Waals surface area contributed by atoms with Gasteiger partial charge in [0.25, 0.3) is 0 Å². The van der Waals surface area contributed by atoms with Gasteiger partial charge in [-0.15, -0.1) is 12.1 Å². The molecule has 0 aliphatic rings. The van der Waals surface area contributed by atoms with Gasteiger partial charge in [-0.25, -0.2) is 0 Å². The largest absolute Gasteiger partial charge is 1.00 e. The molecular formula is C10H13Li2NO. The summed E-state index contributed by atoms with van der Waals surface area (Å²) in [5.41, 5.74) is 0.815. The average molecular weight is 177 g/mol. The van der Waals surface area contributed by atoms with Crippen molar-refractivity contribution >= 4 is 0 Å². The second-order valence-electron chi connectivity index (χ2n) is 2.83. The third kappa shape index (κ3) is 4.71. The molecule has 0 spiro atoms. The molecule has 0 aliphatic heterocycles. The molecular weight excluding hydrogens is 164 g/mol. The molecule has 0 amide bonds. The predicted octanol–water partition coefficient (Wildman–Crippen LogP) is -4.51. The summed E-state index contributed by atoms with van der Waals surface area (Å²) >= 11 is 0. The van der Waals surface area contributed by atoms with E-state index in [0.717, 1.165) is 5.56 Å². The van der Waals surface area contributed by atoms with E-state index in [-0.39, 0.29) is 43.8 Å². The van der Waals surface area contributed by atoms with Crippen LogP contribution in [0.15, 0.2) is 30.3 Å². The number of hydrogen-bond donors (Lipinski definition) is 0. The summed E-state index contributed by atoms with van der Waals surface area (Å²) in [6, 6.07) is 9.21. The summed E-state index contributed by atoms with van der Waals surface area (Å²) in [7, 11) is 1.68. The minimum atomic E-state index is -0.726. The van der Waals surface area contributed by atoms with Crippen LogP contribution in [-0.2, 0) is 0 Å². The Balaban J connectivity index is 0. The molecule has 0 saturated carbocycles. The van der Waals surface area contributed by atoms with Crippen molar-refractivity contribution in [1.29, 1.82) is 0 Å². The van der Waals surface area contributed by atoms with Crippen LogP contribution in [0.5, 0.6) is 0 Å². The number of rotatable bonds is 3. The van der Waals surface area contributed by atoms with E-state index in [1.54, 1.807) is 7.05 Å². The quantitative estimate of drug-likeness (QED) is 0.429. The number of nitrogens with zero attached hydrogens (tertiary/aromatic N) is 1. The van der Waals surface area contributed by atoms with Gasteiger partial charge in [-0.05, 0) is 0 Å². The molecule has 14 heavy (non-hydrogen) atoms. The Morgan fingerprint density at radius 1 is 1.14 bits per heavy atom. The van der Waals surface area contributed by atoms with Gasteiger partial charge in [0, 0.05) is 0 Å². The van der Waals surface area contributed by atoms with Crippen molar-refractivity contribution in [3.63, 3.8) is 0 Å². The molecule has 0 heterocycles. The van der Waals surface area contributed by atoms with E-state index < -0.39 is 6.10 Å². The zero-order chi connectivity index (χ0) is 8.97. The SMILES string of the molecule is C[N-][C@@H](C)[C@H]([O-])c1ccccc1.[Li+].[Li+]. The monoisotopic (exact) mass is 177 g/mol. The Morgan fingerprint density at radius 3 is 2.07 bits per heavy atom. The van der Waals surface area contributed by atoms with E-state index in [4.69, 9.17) is 0 Å². The Kier molecular flexibility index (Phi) is 10.3. The topological polar surface area (TPSA) is 37.2 Å². The van der Waals surface area contributed by atoms with Crippen LogP contribution in [0.1, 0.15) is 18.6 Å². The Bertz CT molecular complexity index is 231. The van der Waals surface area contributed by atoms with Crippen molar-refractivity contribution in [2.75, 3.05) is 7.05 Å². The molecule has 0 unspecified atom stereocenters. The molecule has 0 saturated heterocycles. The standard InChI is InChI=1S/C10H13NO.2Li/c1-8(11-2)10(12)9-6-4-3-5-7-9;;/h3-8,10H,1-2H3;;/q-2;2*+1/t8-,10-;;/m0../s1. The molecule has 66 valence electrons. The molecule has 1 aromatic carbocycles. The van der Waals surface area contributed by atoms with Crippen LogP contribution in [0.3, 0.4) is 0 Å². The molecule has 1 aromatic rings.